The van der Waals surface area contributed by atoms with Crippen molar-refractivity contribution in [2.75, 3.05) is 0 Å². The van der Waals surface area contributed by atoms with Crippen molar-refractivity contribution >= 4 is 17.4 Å². The first-order valence-electron chi connectivity index (χ1n) is 3.78. The molecular weight excluding hydrogens is 172 g/mol. The van der Waals surface area contributed by atoms with Crippen LogP contribution in [0, 0.1) is 6.92 Å². The first-order valence-corrected chi connectivity index (χ1v) is 4.15. The van der Waals surface area contributed by atoms with Gasteiger partial charge in [-0.15, -0.1) is 0 Å². The van der Waals surface area contributed by atoms with E-state index < -0.39 is 0 Å². The summed E-state index contributed by atoms with van der Waals surface area (Å²) in [5.74, 6) is -0.0232. The zero-order valence-corrected chi connectivity index (χ0v) is 7.47. The molecule has 0 bridgehead atoms. The Bertz CT molecular complexity index is 264. The van der Waals surface area contributed by atoms with Gasteiger partial charge in [-0.25, -0.2) is 0 Å². The van der Waals surface area contributed by atoms with E-state index in [1.54, 1.807) is 0 Å². The van der Waals surface area contributed by atoms with Crippen LogP contribution in [0.3, 0.4) is 0 Å². The van der Waals surface area contributed by atoms with Gasteiger partial charge >= 0.3 is 0 Å². The number of aryl methyl sites for hydroxylation is 1. The van der Waals surface area contributed by atoms with Gasteiger partial charge in [0.1, 0.15) is 5.78 Å². The number of rotatable bonds is 3. The van der Waals surface area contributed by atoms with Crippen molar-refractivity contribution < 1.29 is 4.79 Å². The van der Waals surface area contributed by atoms with E-state index in [-0.39, 0.29) is 5.78 Å². The van der Waals surface area contributed by atoms with Gasteiger partial charge in [-0.1, -0.05) is 23.7 Å². The van der Waals surface area contributed by atoms with Crippen LogP contribution in [-0.2, 0) is 11.2 Å². The zero-order chi connectivity index (χ0) is 8.97. The molecule has 0 unspecified atom stereocenters. The lowest BCUT2D eigenvalue weighted by molar-refractivity contribution is -0.114. The Kier molecular flexibility index (Phi) is 3.30. The van der Waals surface area contributed by atoms with E-state index in [1.807, 2.05) is 24.3 Å². The van der Waals surface area contributed by atoms with Crippen molar-refractivity contribution in [1.29, 1.82) is 0 Å². The second-order valence-corrected chi connectivity index (χ2v) is 3.10. The molecule has 0 N–H and O–H groups in total. The fourth-order valence-corrected chi connectivity index (χ4v) is 1.06. The molecule has 1 aromatic carbocycles. The highest BCUT2D eigenvalue weighted by Gasteiger charge is 1.96. The van der Waals surface area contributed by atoms with Gasteiger partial charge in [0.2, 0.25) is 0 Å². The Balaban J connectivity index is 2.53. The Hall–Kier alpha value is -0.820. The number of Topliss-reactive ketones (excluding diaryl/α,β-unsaturated/α-hetero) is 1. The molecule has 2 heteroatoms. The minimum atomic E-state index is -0.0232. The predicted octanol–water partition coefficient (Wildman–Crippen LogP) is 2.68. The summed E-state index contributed by atoms with van der Waals surface area (Å²) in [4.78, 5) is 10.5. The third-order valence-electron chi connectivity index (χ3n) is 1.61. The van der Waals surface area contributed by atoms with E-state index in [0.29, 0.717) is 6.42 Å². The second-order valence-electron chi connectivity index (χ2n) is 2.67. The van der Waals surface area contributed by atoms with Gasteiger partial charge in [0.05, 0.1) is 0 Å². The standard InChI is InChI=1S/C10H10ClO/c1-8(12)2-3-9-4-6-10(11)7-5-9/h4-7H,1-3H2. The molecule has 0 heterocycles. The van der Waals surface area contributed by atoms with Crippen LogP contribution in [0.5, 0.6) is 0 Å². The Morgan fingerprint density at radius 1 is 1.33 bits per heavy atom. The number of carbonyl (C=O) groups excluding carboxylic acids is 1. The Labute approximate surface area is 77.4 Å². The van der Waals surface area contributed by atoms with Gasteiger partial charge in [0, 0.05) is 18.4 Å². The number of halogens is 1. The summed E-state index contributed by atoms with van der Waals surface area (Å²) in [5, 5.41) is 0.722. The average Bonchev–Trinajstić information content (AvgIpc) is 2.03. The van der Waals surface area contributed by atoms with Crippen LogP contribution in [0.4, 0.5) is 0 Å². The average molecular weight is 182 g/mol. The lowest BCUT2D eigenvalue weighted by Gasteiger charge is -1.97. The molecule has 63 valence electrons. The second kappa shape index (κ2) is 4.27. The molecule has 0 aliphatic heterocycles. The maximum Gasteiger partial charge on any atom is 0.133 e. The SMILES string of the molecule is [CH2]C(=O)CCc1ccc(Cl)cc1. The third-order valence-corrected chi connectivity index (χ3v) is 1.86. The molecule has 1 nitrogen and oxygen atoms in total. The molecule has 0 atom stereocenters. The van der Waals surface area contributed by atoms with E-state index in [1.165, 1.54) is 0 Å². The summed E-state index contributed by atoms with van der Waals surface area (Å²) < 4.78 is 0. The van der Waals surface area contributed by atoms with Gasteiger partial charge in [-0.05, 0) is 24.1 Å². The van der Waals surface area contributed by atoms with Crippen LogP contribution >= 0.6 is 11.6 Å². The summed E-state index contributed by atoms with van der Waals surface area (Å²) in [6.45, 7) is 3.31. The minimum Gasteiger partial charge on any atom is -0.300 e. The molecule has 0 amide bonds. The van der Waals surface area contributed by atoms with E-state index >= 15 is 0 Å². The molecule has 0 saturated carbocycles. The van der Waals surface area contributed by atoms with Crippen molar-refractivity contribution in [1.82, 2.24) is 0 Å². The molecule has 0 aliphatic rings. The molecule has 0 saturated heterocycles. The van der Waals surface area contributed by atoms with Gasteiger partial charge in [0.15, 0.2) is 0 Å². The number of benzene rings is 1. The topological polar surface area (TPSA) is 17.1 Å². The highest BCUT2D eigenvalue weighted by Crippen LogP contribution is 2.10. The molecule has 1 rings (SSSR count). The highest BCUT2D eigenvalue weighted by atomic mass is 35.5. The lowest BCUT2D eigenvalue weighted by atomic mass is 10.1. The summed E-state index contributed by atoms with van der Waals surface area (Å²) in [6, 6.07) is 7.49. The number of carbonyl (C=O) groups is 1. The van der Waals surface area contributed by atoms with E-state index in [4.69, 9.17) is 11.6 Å². The summed E-state index contributed by atoms with van der Waals surface area (Å²) in [6.07, 6.45) is 1.25. The number of ketones is 1. The minimum absolute atomic E-state index is 0.0232. The van der Waals surface area contributed by atoms with E-state index in [9.17, 15) is 4.79 Å². The first-order chi connectivity index (χ1) is 5.68. The van der Waals surface area contributed by atoms with Crippen LogP contribution < -0.4 is 0 Å². The molecule has 12 heavy (non-hydrogen) atoms. The number of hydrogen-bond acceptors (Lipinski definition) is 1. The van der Waals surface area contributed by atoms with Gasteiger partial charge in [0.25, 0.3) is 0 Å². The quantitative estimate of drug-likeness (QED) is 0.701. The fourth-order valence-electron chi connectivity index (χ4n) is 0.935. The summed E-state index contributed by atoms with van der Waals surface area (Å²) in [7, 11) is 0. The van der Waals surface area contributed by atoms with Crippen LogP contribution in [0.25, 0.3) is 0 Å². The molecule has 0 fully saturated rings. The lowest BCUT2D eigenvalue weighted by Crippen LogP contribution is -1.93. The van der Waals surface area contributed by atoms with Crippen molar-refractivity contribution in [2.24, 2.45) is 0 Å². The van der Waals surface area contributed by atoms with E-state index in [2.05, 4.69) is 6.92 Å². The highest BCUT2D eigenvalue weighted by molar-refractivity contribution is 6.30. The Morgan fingerprint density at radius 3 is 2.42 bits per heavy atom. The van der Waals surface area contributed by atoms with Gasteiger partial charge in [-0.2, -0.15) is 0 Å². The van der Waals surface area contributed by atoms with Crippen molar-refractivity contribution in [3.05, 3.63) is 41.8 Å². The molecule has 1 aromatic rings. The third kappa shape index (κ3) is 3.05. The van der Waals surface area contributed by atoms with Crippen molar-refractivity contribution in [3.63, 3.8) is 0 Å². The first kappa shape index (κ1) is 9.27. The maximum absolute atomic E-state index is 10.5. The normalized spacial score (nSPS) is 9.83. The maximum atomic E-state index is 10.5. The molecule has 0 spiro atoms. The monoisotopic (exact) mass is 181 g/mol. The predicted molar refractivity (Wildman–Crippen MR) is 50.1 cm³/mol. The largest absolute Gasteiger partial charge is 0.300 e. The van der Waals surface area contributed by atoms with Crippen LogP contribution in [0.2, 0.25) is 5.02 Å². The molecule has 0 aromatic heterocycles. The molecule has 1 radical (unpaired) electrons. The Morgan fingerprint density at radius 2 is 1.92 bits per heavy atom. The summed E-state index contributed by atoms with van der Waals surface area (Å²) >= 11 is 5.70. The van der Waals surface area contributed by atoms with Crippen molar-refractivity contribution in [2.45, 2.75) is 12.8 Å². The van der Waals surface area contributed by atoms with Crippen LogP contribution in [-0.4, -0.2) is 5.78 Å². The molecule has 0 aliphatic carbocycles. The molecular formula is C10H10ClO. The van der Waals surface area contributed by atoms with Gasteiger partial charge in [-0.3, -0.25) is 4.79 Å². The number of hydrogen-bond donors (Lipinski definition) is 0. The van der Waals surface area contributed by atoms with Crippen LogP contribution in [0.15, 0.2) is 24.3 Å². The fraction of sp³-hybridized carbons (Fsp3) is 0.200. The summed E-state index contributed by atoms with van der Waals surface area (Å²) in [5.41, 5.74) is 1.12. The van der Waals surface area contributed by atoms with Crippen LogP contribution in [0.1, 0.15) is 12.0 Å². The smallest absolute Gasteiger partial charge is 0.133 e. The van der Waals surface area contributed by atoms with Gasteiger partial charge < -0.3 is 0 Å². The van der Waals surface area contributed by atoms with E-state index in [0.717, 1.165) is 17.0 Å². The zero-order valence-electron chi connectivity index (χ0n) is 6.72. The van der Waals surface area contributed by atoms with Crippen molar-refractivity contribution in [3.8, 4) is 0 Å².